The van der Waals surface area contributed by atoms with E-state index in [4.69, 9.17) is 4.74 Å². The first kappa shape index (κ1) is 27.2. The lowest BCUT2D eigenvalue weighted by atomic mass is 9.32. The molecule has 5 aliphatic rings. The summed E-state index contributed by atoms with van der Waals surface area (Å²) in [5.41, 5.74) is 0.349. The normalized spacial score (nSPS) is 52.2. The summed E-state index contributed by atoms with van der Waals surface area (Å²) in [5, 5.41) is 21.9. The number of aliphatic hydroxyl groups is 1. The summed E-state index contributed by atoms with van der Waals surface area (Å²) < 4.78 is 5.74. The van der Waals surface area contributed by atoms with Gasteiger partial charge in [-0.2, -0.15) is 0 Å². The highest BCUT2D eigenvalue weighted by atomic mass is 16.6. The van der Waals surface area contributed by atoms with Gasteiger partial charge in [-0.05, 0) is 111 Å². The van der Waals surface area contributed by atoms with E-state index in [-0.39, 0.29) is 33.5 Å². The van der Waals surface area contributed by atoms with Crippen LogP contribution in [0.2, 0.25) is 0 Å². The van der Waals surface area contributed by atoms with Gasteiger partial charge in [0.25, 0.3) is 0 Å². The molecule has 5 nitrogen and oxygen atoms in total. The zero-order valence-corrected chi connectivity index (χ0v) is 24.2. The Morgan fingerprint density at radius 3 is 2.14 bits per heavy atom. The average Bonchev–Trinajstić information content (AvgIpc) is 3.18. The molecule has 0 aromatic carbocycles. The summed E-state index contributed by atoms with van der Waals surface area (Å²) in [6.07, 6.45) is 7.33. The van der Waals surface area contributed by atoms with Gasteiger partial charge in [-0.15, -0.1) is 0 Å². The van der Waals surface area contributed by atoms with Crippen molar-refractivity contribution < 1.29 is 24.5 Å². The molecule has 0 saturated heterocycles. The highest BCUT2D eigenvalue weighted by molar-refractivity contribution is 5.76. The van der Waals surface area contributed by atoms with Crippen molar-refractivity contribution in [2.24, 2.45) is 56.7 Å². The van der Waals surface area contributed by atoms with Gasteiger partial charge in [0, 0.05) is 12.3 Å². The molecule has 208 valence electrons. The smallest absolute Gasteiger partial charge is 0.309 e. The van der Waals surface area contributed by atoms with Crippen LogP contribution in [0.15, 0.2) is 12.2 Å². The molecule has 0 radical (unpaired) electrons. The van der Waals surface area contributed by atoms with Gasteiger partial charge in [0.1, 0.15) is 6.10 Å². The molecular weight excluding hydrogens is 464 g/mol. The number of carbonyl (C=O) groups excluding carboxylic acids is 1. The van der Waals surface area contributed by atoms with Gasteiger partial charge in [0.2, 0.25) is 0 Å². The van der Waals surface area contributed by atoms with Crippen LogP contribution in [0.3, 0.4) is 0 Å². The van der Waals surface area contributed by atoms with Crippen LogP contribution in [0.1, 0.15) is 106 Å². The zero-order chi connectivity index (χ0) is 27.3. The SMILES string of the molecule is C=C(C)C1CCC2(C(=O)O)CCC3(C)C(CCC4C5(C)CC(O)C(OC(C)=O)C(C)(C)C5CCC43C)C12. The lowest BCUT2D eigenvalue weighted by Crippen LogP contribution is -2.69. The lowest BCUT2D eigenvalue weighted by molar-refractivity contribution is -0.266. The number of fused-ring (bicyclic) bond motifs is 7. The molecular formula is C32H50O5. The van der Waals surface area contributed by atoms with Crippen LogP contribution in [-0.2, 0) is 14.3 Å². The van der Waals surface area contributed by atoms with Crippen molar-refractivity contribution in [1.29, 1.82) is 0 Å². The van der Waals surface area contributed by atoms with Gasteiger partial charge in [-0.25, -0.2) is 0 Å². The number of carbonyl (C=O) groups is 2. The number of carboxylic acid groups (broad SMARTS) is 1. The van der Waals surface area contributed by atoms with Crippen LogP contribution < -0.4 is 0 Å². The maximum absolute atomic E-state index is 12.8. The van der Waals surface area contributed by atoms with Gasteiger partial charge in [0.15, 0.2) is 0 Å². The van der Waals surface area contributed by atoms with E-state index in [1.54, 1.807) is 0 Å². The minimum Gasteiger partial charge on any atom is -0.481 e. The molecule has 2 N–H and O–H groups in total. The van der Waals surface area contributed by atoms with Gasteiger partial charge >= 0.3 is 11.9 Å². The monoisotopic (exact) mass is 514 g/mol. The molecule has 37 heavy (non-hydrogen) atoms. The van der Waals surface area contributed by atoms with Crippen molar-refractivity contribution in [3.8, 4) is 0 Å². The summed E-state index contributed by atoms with van der Waals surface area (Å²) in [6.45, 7) is 19.7. The molecule has 11 unspecified atom stereocenters. The first-order valence-corrected chi connectivity index (χ1v) is 14.8. The van der Waals surface area contributed by atoms with Gasteiger partial charge in [0.05, 0.1) is 11.5 Å². The van der Waals surface area contributed by atoms with E-state index in [0.29, 0.717) is 30.1 Å². The van der Waals surface area contributed by atoms with E-state index in [0.717, 1.165) is 56.9 Å². The van der Waals surface area contributed by atoms with Crippen molar-refractivity contribution >= 4 is 11.9 Å². The van der Waals surface area contributed by atoms with Crippen molar-refractivity contribution in [1.82, 2.24) is 0 Å². The second-order valence-corrected chi connectivity index (χ2v) is 15.3. The van der Waals surface area contributed by atoms with Crippen molar-refractivity contribution in [2.75, 3.05) is 0 Å². The molecule has 5 rings (SSSR count). The van der Waals surface area contributed by atoms with Gasteiger partial charge in [-0.1, -0.05) is 46.8 Å². The molecule has 11 atom stereocenters. The maximum Gasteiger partial charge on any atom is 0.309 e. The van der Waals surface area contributed by atoms with Crippen molar-refractivity contribution in [2.45, 2.75) is 118 Å². The third-order valence-corrected chi connectivity index (χ3v) is 13.7. The zero-order valence-electron chi connectivity index (χ0n) is 24.2. The highest BCUT2D eigenvalue weighted by Gasteiger charge is 2.72. The number of esters is 1. The first-order valence-electron chi connectivity index (χ1n) is 14.8. The Labute approximate surface area is 223 Å². The molecule has 0 bridgehead atoms. The van der Waals surface area contributed by atoms with Crippen LogP contribution in [0.25, 0.3) is 0 Å². The second kappa shape index (κ2) is 8.32. The summed E-state index contributed by atoms with van der Waals surface area (Å²) in [5.74, 6) is 0.774. The molecule has 5 fully saturated rings. The van der Waals surface area contributed by atoms with E-state index in [1.807, 2.05) is 0 Å². The Hall–Kier alpha value is -1.36. The van der Waals surface area contributed by atoms with Crippen LogP contribution >= 0.6 is 0 Å². The topological polar surface area (TPSA) is 83.8 Å². The Morgan fingerprint density at radius 1 is 0.865 bits per heavy atom. The quantitative estimate of drug-likeness (QED) is 0.326. The van der Waals surface area contributed by atoms with E-state index < -0.39 is 23.6 Å². The Kier molecular flexibility index (Phi) is 6.12. The third-order valence-electron chi connectivity index (χ3n) is 13.7. The fraction of sp³-hybridized carbons (Fsp3) is 0.875. The number of rotatable bonds is 3. The molecule has 5 aliphatic carbocycles. The van der Waals surface area contributed by atoms with Gasteiger partial charge in [-0.3, -0.25) is 9.59 Å². The summed E-state index contributed by atoms with van der Waals surface area (Å²) in [6, 6.07) is 0. The van der Waals surface area contributed by atoms with E-state index in [1.165, 1.54) is 6.92 Å². The number of aliphatic hydroxyl groups excluding tert-OH is 1. The van der Waals surface area contributed by atoms with E-state index in [9.17, 15) is 19.8 Å². The fourth-order valence-electron chi connectivity index (χ4n) is 12.0. The Balaban J connectivity index is 1.54. The van der Waals surface area contributed by atoms with Crippen LogP contribution in [0.4, 0.5) is 0 Å². The predicted molar refractivity (Wildman–Crippen MR) is 144 cm³/mol. The fourth-order valence-corrected chi connectivity index (χ4v) is 12.0. The minimum atomic E-state index is -0.665. The number of hydrogen-bond donors (Lipinski definition) is 2. The lowest BCUT2D eigenvalue weighted by Gasteiger charge is -2.73. The Bertz CT molecular complexity index is 1000. The number of ether oxygens (including phenoxy) is 1. The summed E-state index contributed by atoms with van der Waals surface area (Å²) >= 11 is 0. The van der Waals surface area contributed by atoms with Gasteiger partial charge < -0.3 is 14.9 Å². The van der Waals surface area contributed by atoms with Crippen molar-refractivity contribution in [3.63, 3.8) is 0 Å². The highest BCUT2D eigenvalue weighted by Crippen LogP contribution is 2.77. The average molecular weight is 515 g/mol. The molecule has 5 saturated carbocycles. The molecule has 0 aromatic heterocycles. The largest absolute Gasteiger partial charge is 0.481 e. The second-order valence-electron chi connectivity index (χ2n) is 15.3. The standard InChI is InChI=1S/C32H50O5/c1-18(2)20-11-14-32(27(35)36)16-15-30(7)21(25(20)32)9-10-24-29(6)17-22(34)26(37-19(3)33)28(4,5)23(29)12-13-31(24,30)8/h20-26,34H,1,9-17H2,2-8H3,(H,35,36). The molecule has 0 heterocycles. The van der Waals surface area contributed by atoms with E-state index >= 15 is 0 Å². The van der Waals surface area contributed by atoms with Crippen LogP contribution in [-0.4, -0.2) is 34.4 Å². The van der Waals surface area contributed by atoms with E-state index in [2.05, 4.69) is 48.1 Å². The minimum absolute atomic E-state index is 0.0503. The number of aliphatic carboxylic acids is 1. The number of carboxylic acids is 1. The molecule has 0 amide bonds. The molecule has 5 heteroatoms. The summed E-state index contributed by atoms with van der Waals surface area (Å²) in [4.78, 5) is 24.7. The molecule has 0 aromatic rings. The predicted octanol–water partition coefficient (Wildman–Crippen LogP) is 6.63. The van der Waals surface area contributed by atoms with Crippen LogP contribution in [0.5, 0.6) is 0 Å². The number of allylic oxidation sites excluding steroid dienone is 1. The third kappa shape index (κ3) is 3.37. The maximum atomic E-state index is 12.8. The summed E-state index contributed by atoms with van der Waals surface area (Å²) in [7, 11) is 0. The molecule has 0 aliphatic heterocycles. The number of hydrogen-bond acceptors (Lipinski definition) is 4. The Morgan fingerprint density at radius 2 is 1.54 bits per heavy atom. The van der Waals surface area contributed by atoms with Crippen molar-refractivity contribution in [3.05, 3.63) is 12.2 Å². The molecule has 0 spiro atoms. The van der Waals surface area contributed by atoms with Crippen LogP contribution in [0, 0.1) is 56.7 Å². The first-order chi connectivity index (χ1) is 17.1.